The third-order valence-corrected chi connectivity index (χ3v) is 1.89. The second kappa shape index (κ2) is 5.19. The molecule has 1 aromatic heterocycles. The number of nitrogens with zero attached hydrogens (tertiary/aromatic N) is 1. The van der Waals surface area contributed by atoms with Crippen LogP contribution >= 0.6 is 0 Å². The molecule has 0 aliphatic heterocycles. The SMILES string of the molecule is COC(=O)C(C)COc1cccnc1N. The van der Waals surface area contributed by atoms with Gasteiger partial charge in [-0.05, 0) is 19.1 Å². The number of esters is 1. The number of anilines is 1. The highest BCUT2D eigenvalue weighted by molar-refractivity contribution is 5.71. The van der Waals surface area contributed by atoms with Crippen LogP contribution in [0, 0.1) is 5.92 Å². The fourth-order valence-electron chi connectivity index (χ4n) is 1.01. The molecule has 0 bridgehead atoms. The number of aromatic nitrogens is 1. The Labute approximate surface area is 88.2 Å². The molecule has 0 aromatic carbocycles. The molecule has 15 heavy (non-hydrogen) atoms. The van der Waals surface area contributed by atoms with Crippen LogP contribution in [0.4, 0.5) is 5.82 Å². The average molecular weight is 210 g/mol. The number of hydrogen-bond donors (Lipinski definition) is 1. The summed E-state index contributed by atoms with van der Waals surface area (Å²) in [5.41, 5.74) is 5.56. The number of carbonyl (C=O) groups is 1. The summed E-state index contributed by atoms with van der Waals surface area (Å²) in [6.45, 7) is 1.95. The van der Waals surface area contributed by atoms with Crippen LogP contribution in [0.25, 0.3) is 0 Å². The molecule has 82 valence electrons. The first-order chi connectivity index (χ1) is 7.15. The Kier molecular flexibility index (Phi) is 3.91. The fourth-order valence-corrected chi connectivity index (χ4v) is 1.01. The third kappa shape index (κ3) is 3.12. The Morgan fingerprint density at radius 3 is 3.00 bits per heavy atom. The number of carbonyl (C=O) groups excluding carboxylic acids is 1. The van der Waals surface area contributed by atoms with E-state index in [-0.39, 0.29) is 18.5 Å². The van der Waals surface area contributed by atoms with Gasteiger partial charge in [0.25, 0.3) is 0 Å². The standard InChI is InChI=1S/C10H14N2O3/c1-7(10(13)14-2)6-15-8-4-3-5-12-9(8)11/h3-5,7H,6H2,1-2H3,(H2,11,12). The first kappa shape index (κ1) is 11.3. The van der Waals surface area contributed by atoms with Crippen molar-refractivity contribution in [3.63, 3.8) is 0 Å². The molecular weight excluding hydrogens is 196 g/mol. The predicted octanol–water partition coefficient (Wildman–Crippen LogP) is 0.852. The Morgan fingerprint density at radius 2 is 2.40 bits per heavy atom. The van der Waals surface area contributed by atoms with Gasteiger partial charge in [-0.25, -0.2) is 4.98 Å². The number of pyridine rings is 1. The minimum Gasteiger partial charge on any atom is -0.489 e. The lowest BCUT2D eigenvalue weighted by atomic mass is 10.2. The first-order valence-corrected chi connectivity index (χ1v) is 4.56. The summed E-state index contributed by atoms with van der Waals surface area (Å²) >= 11 is 0. The summed E-state index contributed by atoms with van der Waals surface area (Å²) < 4.78 is 9.90. The van der Waals surface area contributed by atoms with E-state index in [4.69, 9.17) is 10.5 Å². The molecule has 0 aliphatic carbocycles. The van der Waals surface area contributed by atoms with Crippen molar-refractivity contribution in [1.29, 1.82) is 0 Å². The summed E-state index contributed by atoms with van der Waals surface area (Å²) in [6, 6.07) is 3.42. The van der Waals surface area contributed by atoms with Crippen molar-refractivity contribution in [3.05, 3.63) is 18.3 Å². The summed E-state index contributed by atoms with van der Waals surface area (Å²) in [6.07, 6.45) is 1.58. The molecule has 2 N–H and O–H groups in total. The van der Waals surface area contributed by atoms with Crippen molar-refractivity contribution >= 4 is 11.8 Å². The molecule has 1 atom stereocenters. The molecule has 0 fully saturated rings. The third-order valence-electron chi connectivity index (χ3n) is 1.89. The first-order valence-electron chi connectivity index (χ1n) is 4.56. The average Bonchev–Trinajstić information content (AvgIpc) is 2.26. The highest BCUT2D eigenvalue weighted by Crippen LogP contribution is 2.17. The molecule has 0 aliphatic rings. The van der Waals surface area contributed by atoms with E-state index in [2.05, 4.69) is 9.72 Å². The highest BCUT2D eigenvalue weighted by atomic mass is 16.5. The van der Waals surface area contributed by atoms with Crippen LogP contribution in [0.15, 0.2) is 18.3 Å². The quantitative estimate of drug-likeness (QED) is 0.746. The second-order valence-corrected chi connectivity index (χ2v) is 3.12. The van der Waals surface area contributed by atoms with Crippen molar-refractivity contribution in [2.24, 2.45) is 5.92 Å². The molecule has 0 spiro atoms. The zero-order valence-corrected chi connectivity index (χ0v) is 8.77. The van der Waals surface area contributed by atoms with Gasteiger partial charge in [0, 0.05) is 6.20 Å². The van der Waals surface area contributed by atoms with Gasteiger partial charge >= 0.3 is 5.97 Å². The Morgan fingerprint density at radius 1 is 1.67 bits per heavy atom. The molecule has 0 radical (unpaired) electrons. The number of rotatable bonds is 4. The van der Waals surface area contributed by atoms with Gasteiger partial charge < -0.3 is 15.2 Å². The van der Waals surface area contributed by atoms with Crippen molar-refractivity contribution in [3.8, 4) is 5.75 Å². The van der Waals surface area contributed by atoms with Gasteiger partial charge in [0.1, 0.15) is 6.61 Å². The van der Waals surface area contributed by atoms with Gasteiger partial charge in [0.05, 0.1) is 13.0 Å². The van der Waals surface area contributed by atoms with E-state index in [9.17, 15) is 4.79 Å². The summed E-state index contributed by atoms with van der Waals surface area (Å²) in [5.74, 6) is 0.162. The van der Waals surface area contributed by atoms with Crippen LogP contribution in [0.3, 0.4) is 0 Å². The number of methoxy groups -OCH3 is 1. The van der Waals surface area contributed by atoms with E-state index >= 15 is 0 Å². The molecule has 5 heteroatoms. The number of hydrogen-bond acceptors (Lipinski definition) is 5. The summed E-state index contributed by atoms with van der Waals surface area (Å²) in [7, 11) is 1.34. The lowest BCUT2D eigenvalue weighted by molar-refractivity contribution is -0.145. The molecule has 1 rings (SSSR count). The fraction of sp³-hybridized carbons (Fsp3) is 0.400. The van der Waals surface area contributed by atoms with Crippen LogP contribution in [-0.4, -0.2) is 24.7 Å². The maximum absolute atomic E-state index is 11.1. The maximum Gasteiger partial charge on any atom is 0.311 e. The molecule has 1 heterocycles. The molecule has 5 nitrogen and oxygen atoms in total. The van der Waals surface area contributed by atoms with E-state index in [1.807, 2.05) is 0 Å². The Bertz CT molecular complexity index is 341. The molecule has 1 aromatic rings. The minimum atomic E-state index is -0.324. The Hall–Kier alpha value is -1.78. The Balaban J connectivity index is 2.50. The van der Waals surface area contributed by atoms with E-state index in [1.54, 1.807) is 25.3 Å². The molecule has 0 amide bonds. The van der Waals surface area contributed by atoms with E-state index < -0.39 is 0 Å². The zero-order chi connectivity index (χ0) is 11.3. The van der Waals surface area contributed by atoms with E-state index in [0.717, 1.165) is 0 Å². The predicted molar refractivity (Wildman–Crippen MR) is 55.3 cm³/mol. The van der Waals surface area contributed by atoms with Crippen LogP contribution in [-0.2, 0) is 9.53 Å². The van der Waals surface area contributed by atoms with Crippen LogP contribution in [0.1, 0.15) is 6.92 Å². The van der Waals surface area contributed by atoms with Crippen molar-refractivity contribution < 1.29 is 14.3 Å². The van der Waals surface area contributed by atoms with Crippen LogP contribution < -0.4 is 10.5 Å². The molecular formula is C10H14N2O3. The van der Waals surface area contributed by atoms with Crippen molar-refractivity contribution in [2.45, 2.75) is 6.92 Å². The summed E-state index contributed by atoms with van der Waals surface area (Å²) in [5, 5.41) is 0. The highest BCUT2D eigenvalue weighted by Gasteiger charge is 2.14. The largest absolute Gasteiger partial charge is 0.489 e. The smallest absolute Gasteiger partial charge is 0.311 e. The van der Waals surface area contributed by atoms with Gasteiger partial charge in [0.2, 0.25) is 0 Å². The van der Waals surface area contributed by atoms with E-state index in [0.29, 0.717) is 11.6 Å². The van der Waals surface area contributed by atoms with Crippen molar-refractivity contribution in [1.82, 2.24) is 4.98 Å². The van der Waals surface area contributed by atoms with Crippen LogP contribution in [0.2, 0.25) is 0 Å². The monoisotopic (exact) mass is 210 g/mol. The minimum absolute atomic E-state index is 0.225. The lowest BCUT2D eigenvalue weighted by Crippen LogP contribution is -2.20. The number of nitrogens with two attached hydrogens (primary N) is 1. The molecule has 0 saturated heterocycles. The number of ether oxygens (including phenoxy) is 2. The van der Waals surface area contributed by atoms with Gasteiger partial charge in [-0.1, -0.05) is 0 Å². The molecule has 1 unspecified atom stereocenters. The normalized spacial score (nSPS) is 11.9. The van der Waals surface area contributed by atoms with E-state index in [1.165, 1.54) is 7.11 Å². The number of nitrogen functional groups attached to an aromatic ring is 1. The topological polar surface area (TPSA) is 74.4 Å². The van der Waals surface area contributed by atoms with Crippen LogP contribution in [0.5, 0.6) is 5.75 Å². The van der Waals surface area contributed by atoms with Gasteiger partial charge in [-0.2, -0.15) is 0 Å². The van der Waals surface area contributed by atoms with Gasteiger partial charge in [-0.15, -0.1) is 0 Å². The maximum atomic E-state index is 11.1. The molecule has 0 saturated carbocycles. The lowest BCUT2D eigenvalue weighted by Gasteiger charge is -2.11. The zero-order valence-electron chi connectivity index (χ0n) is 8.77. The van der Waals surface area contributed by atoms with Crippen molar-refractivity contribution in [2.75, 3.05) is 19.5 Å². The van der Waals surface area contributed by atoms with Gasteiger partial charge in [-0.3, -0.25) is 4.79 Å². The van der Waals surface area contributed by atoms with Gasteiger partial charge in [0.15, 0.2) is 11.6 Å². The summed E-state index contributed by atoms with van der Waals surface area (Å²) in [4.78, 5) is 14.9. The second-order valence-electron chi connectivity index (χ2n) is 3.12.